The molecule has 8 heteroatoms. The van der Waals surface area contributed by atoms with Crippen molar-refractivity contribution in [1.29, 1.82) is 0 Å². The summed E-state index contributed by atoms with van der Waals surface area (Å²) < 4.78 is 0. The number of nitrogens with zero attached hydrogens (tertiary/aromatic N) is 5. The molecule has 0 amide bonds. The summed E-state index contributed by atoms with van der Waals surface area (Å²) in [6.07, 6.45) is 7.93. The summed E-state index contributed by atoms with van der Waals surface area (Å²) >= 11 is 0. The third kappa shape index (κ3) is 4.59. The Morgan fingerprint density at radius 3 is 3.10 bits per heavy atom. The lowest BCUT2D eigenvalue weighted by molar-refractivity contribution is 0.448. The molecule has 0 bridgehead atoms. The van der Waals surface area contributed by atoms with Crippen molar-refractivity contribution >= 4 is 28.5 Å². The number of hydrogen-bond acceptors (Lipinski definition) is 7. The van der Waals surface area contributed by atoms with Crippen LogP contribution in [0.1, 0.15) is 25.5 Å². The van der Waals surface area contributed by atoms with Gasteiger partial charge in [-0.2, -0.15) is 5.10 Å². The molecule has 0 spiro atoms. The van der Waals surface area contributed by atoms with E-state index in [-0.39, 0.29) is 0 Å². The number of rotatable bonds is 7. The van der Waals surface area contributed by atoms with Crippen LogP contribution in [0, 0.1) is 0 Å². The summed E-state index contributed by atoms with van der Waals surface area (Å²) in [6.45, 7) is 4.89. The number of H-pyrrole nitrogens is 1. The molecule has 3 aromatic rings. The molecular formula is C23H30N8. The highest BCUT2D eigenvalue weighted by Crippen LogP contribution is 2.28. The van der Waals surface area contributed by atoms with E-state index in [0.29, 0.717) is 6.04 Å². The Hall–Kier alpha value is -3.26. The fraction of sp³-hybridized carbons (Fsp3) is 0.391. The average Bonchev–Trinajstić information content (AvgIpc) is 3.25. The molecule has 0 unspecified atom stereocenters. The molecule has 1 atom stereocenters. The quantitative estimate of drug-likeness (QED) is 0.511. The number of aliphatic imine (C=N–C) groups is 1. The number of hydrogen-bond donors (Lipinski definition) is 3. The van der Waals surface area contributed by atoms with Gasteiger partial charge < -0.3 is 15.5 Å². The lowest BCUT2D eigenvalue weighted by Crippen LogP contribution is -2.44. The van der Waals surface area contributed by atoms with Crippen molar-refractivity contribution in [3.8, 4) is 11.4 Å². The van der Waals surface area contributed by atoms with E-state index >= 15 is 0 Å². The van der Waals surface area contributed by atoms with Gasteiger partial charge in [0, 0.05) is 56.1 Å². The fourth-order valence-corrected chi connectivity index (χ4v) is 3.95. The molecular weight excluding hydrogens is 388 g/mol. The first-order valence-corrected chi connectivity index (χ1v) is 10.8. The Labute approximate surface area is 182 Å². The van der Waals surface area contributed by atoms with Crippen molar-refractivity contribution in [3.63, 3.8) is 0 Å². The predicted molar refractivity (Wildman–Crippen MR) is 127 cm³/mol. The van der Waals surface area contributed by atoms with Crippen LogP contribution in [0.2, 0.25) is 0 Å². The van der Waals surface area contributed by atoms with Gasteiger partial charge in [0.15, 0.2) is 0 Å². The monoisotopic (exact) mass is 418 g/mol. The number of piperidine rings is 1. The number of anilines is 1. The molecule has 3 aromatic heterocycles. The Morgan fingerprint density at radius 1 is 1.39 bits per heavy atom. The van der Waals surface area contributed by atoms with Gasteiger partial charge in [0.2, 0.25) is 0 Å². The maximum Gasteiger partial charge on any atom is 0.129 e. The number of allylic oxidation sites excluding steroid dienone is 1. The molecule has 0 saturated carbocycles. The number of nitrogens with one attached hydrogen (secondary N) is 3. The van der Waals surface area contributed by atoms with Crippen molar-refractivity contribution < 1.29 is 0 Å². The first kappa shape index (κ1) is 21.0. The SMILES string of the molecule is CCN/C=C(\C=N/C)c1cc2c(-c3cccc(N4CCC[C@H](NC)C4)n3)n[nH]c2cn1. The summed E-state index contributed by atoms with van der Waals surface area (Å²) in [5, 5.41) is 15.3. The standard InChI is InChI=1S/C23H30N8/c1-4-26-13-16(12-24-2)20-11-18-21(14-27-20)29-30-23(18)19-8-5-9-22(28-19)31-10-6-7-17(15-31)25-3/h5,8-9,11-14,17,25-26H,4,6-7,10,15H2,1-3H3,(H,29,30)/b16-13+,24-12-/t17-/m0/s1. The topological polar surface area (TPSA) is 94.1 Å². The lowest BCUT2D eigenvalue weighted by Gasteiger charge is -2.33. The van der Waals surface area contributed by atoms with Crippen LogP contribution >= 0.6 is 0 Å². The van der Waals surface area contributed by atoms with Crippen LogP contribution in [0.25, 0.3) is 27.9 Å². The van der Waals surface area contributed by atoms with Crippen LogP contribution in [0.5, 0.6) is 0 Å². The second kappa shape index (κ2) is 9.70. The fourth-order valence-electron chi connectivity index (χ4n) is 3.95. The van der Waals surface area contributed by atoms with Crippen LogP contribution < -0.4 is 15.5 Å². The lowest BCUT2D eigenvalue weighted by atomic mass is 10.1. The number of likely N-dealkylation sites (N-methyl/N-ethyl adjacent to an activating group) is 1. The number of pyridine rings is 2. The third-order valence-electron chi connectivity index (χ3n) is 5.60. The van der Waals surface area contributed by atoms with Gasteiger partial charge in [-0.05, 0) is 45.0 Å². The minimum atomic E-state index is 0.501. The van der Waals surface area contributed by atoms with E-state index in [1.807, 2.05) is 37.8 Å². The summed E-state index contributed by atoms with van der Waals surface area (Å²) in [7, 11) is 3.79. The van der Waals surface area contributed by atoms with E-state index < -0.39 is 0 Å². The molecule has 1 saturated heterocycles. The zero-order chi connectivity index (χ0) is 21.6. The molecule has 3 N–H and O–H groups in total. The number of fused-ring (bicyclic) bond motifs is 1. The highest BCUT2D eigenvalue weighted by Gasteiger charge is 2.20. The Balaban J connectivity index is 1.70. The van der Waals surface area contributed by atoms with Crippen molar-refractivity contribution in [1.82, 2.24) is 30.8 Å². The first-order chi connectivity index (χ1) is 15.2. The summed E-state index contributed by atoms with van der Waals surface area (Å²) in [5.74, 6) is 0.994. The van der Waals surface area contributed by atoms with Crippen molar-refractivity contribution in [2.24, 2.45) is 4.99 Å². The van der Waals surface area contributed by atoms with Crippen LogP contribution in [0.4, 0.5) is 5.82 Å². The van der Waals surface area contributed by atoms with Crippen LogP contribution in [0.3, 0.4) is 0 Å². The van der Waals surface area contributed by atoms with Gasteiger partial charge in [-0.1, -0.05) is 6.07 Å². The third-order valence-corrected chi connectivity index (χ3v) is 5.60. The molecule has 1 fully saturated rings. The average molecular weight is 419 g/mol. The zero-order valence-corrected chi connectivity index (χ0v) is 18.4. The minimum Gasteiger partial charge on any atom is -0.391 e. The molecule has 0 aliphatic carbocycles. The number of aromatic nitrogens is 4. The van der Waals surface area contributed by atoms with E-state index in [9.17, 15) is 0 Å². The van der Waals surface area contributed by atoms with Gasteiger partial charge in [0.25, 0.3) is 0 Å². The Kier molecular flexibility index (Phi) is 6.57. The van der Waals surface area contributed by atoms with Crippen LogP contribution in [-0.4, -0.2) is 66.2 Å². The van der Waals surface area contributed by atoms with Gasteiger partial charge in [0.1, 0.15) is 11.5 Å². The van der Waals surface area contributed by atoms with E-state index in [0.717, 1.165) is 65.4 Å². The molecule has 162 valence electrons. The molecule has 0 aromatic carbocycles. The van der Waals surface area contributed by atoms with Gasteiger partial charge >= 0.3 is 0 Å². The second-order valence-electron chi connectivity index (χ2n) is 7.69. The zero-order valence-electron chi connectivity index (χ0n) is 18.4. The van der Waals surface area contributed by atoms with E-state index in [2.05, 4.69) is 54.8 Å². The Morgan fingerprint density at radius 2 is 2.29 bits per heavy atom. The van der Waals surface area contributed by atoms with Gasteiger partial charge in [-0.15, -0.1) is 0 Å². The van der Waals surface area contributed by atoms with E-state index in [1.165, 1.54) is 6.42 Å². The van der Waals surface area contributed by atoms with Crippen molar-refractivity contribution in [2.45, 2.75) is 25.8 Å². The molecule has 1 aliphatic heterocycles. The highest BCUT2D eigenvalue weighted by atomic mass is 15.2. The van der Waals surface area contributed by atoms with Gasteiger partial charge in [-0.3, -0.25) is 15.1 Å². The normalized spacial score (nSPS) is 17.6. The molecule has 4 rings (SSSR count). The Bertz CT molecular complexity index is 1080. The van der Waals surface area contributed by atoms with Gasteiger partial charge in [-0.25, -0.2) is 4.98 Å². The van der Waals surface area contributed by atoms with Crippen molar-refractivity contribution in [3.05, 3.63) is 42.4 Å². The molecule has 1 aliphatic rings. The highest BCUT2D eigenvalue weighted by molar-refractivity contribution is 6.10. The largest absolute Gasteiger partial charge is 0.391 e. The molecule has 4 heterocycles. The van der Waals surface area contributed by atoms with Crippen molar-refractivity contribution in [2.75, 3.05) is 38.6 Å². The predicted octanol–water partition coefficient (Wildman–Crippen LogP) is 2.86. The van der Waals surface area contributed by atoms with E-state index in [1.54, 1.807) is 7.05 Å². The maximum absolute atomic E-state index is 4.96. The maximum atomic E-state index is 4.96. The first-order valence-electron chi connectivity index (χ1n) is 10.8. The summed E-state index contributed by atoms with van der Waals surface area (Å²) in [5.41, 5.74) is 4.33. The smallest absolute Gasteiger partial charge is 0.129 e. The molecule has 8 nitrogen and oxygen atoms in total. The summed E-state index contributed by atoms with van der Waals surface area (Å²) in [6, 6.07) is 8.70. The molecule has 0 radical (unpaired) electrons. The molecule has 31 heavy (non-hydrogen) atoms. The van der Waals surface area contributed by atoms with Crippen LogP contribution in [0.15, 0.2) is 41.7 Å². The van der Waals surface area contributed by atoms with Gasteiger partial charge in [0.05, 0.1) is 23.1 Å². The van der Waals surface area contributed by atoms with E-state index in [4.69, 9.17) is 4.98 Å². The van der Waals surface area contributed by atoms with Crippen LogP contribution in [-0.2, 0) is 0 Å². The summed E-state index contributed by atoms with van der Waals surface area (Å²) in [4.78, 5) is 16.1. The second-order valence-corrected chi connectivity index (χ2v) is 7.69. The minimum absolute atomic E-state index is 0.501. The number of aromatic amines is 1.